The van der Waals surface area contributed by atoms with Crippen molar-refractivity contribution in [2.75, 3.05) is 5.73 Å². The molecule has 1 aromatic heterocycles. The Hall–Kier alpha value is -1.77. The molecule has 13 heavy (non-hydrogen) atoms. The maximum absolute atomic E-state index is 9.60. The Bertz CT molecular complexity index is 460. The van der Waals surface area contributed by atoms with Gasteiger partial charge in [-0.25, -0.2) is 4.98 Å². The second-order valence-corrected chi connectivity index (χ2v) is 3.03. The fraction of sp³-hybridized carbons (Fsp3) is 0.100. The first-order valence-electron chi connectivity index (χ1n) is 4.03. The first-order valence-corrected chi connectivity index (χ1v) is 4.03. The largest absolute Gasteiger partial charge is 0.504 e. The van der Waals surface area contributed by atoms with E-state index in [4.69, 9.17) is 5.73 Å². The van der Waals surface area contributed by atoms with Gasteiger partial charge in [0.25, 0.3) is 0 Å². The maximum atomic E-state index is 9.60. The van der Waals surface area contributed by atoms with Crippen molar-refractivity contribution < 1.29 is 5.11 Å². The summed E-state index contributed by atoms with van der Waals surface area (Å²) in [7, 11) is 0. The fourth-order valence-corrected chi connectivity index (χ4v) is 1.29. The molecule has 3 N–H and O–H groups in total. The van der Waals surface area contributed by atoms with Crippen molar-refractivity contribution >= 4 is 16.6 Å². The number of anilines is 1. The Morgan fingerprint density at radius 1 is 1.23 bits per heavy atom. The van der Waals surface area contributed by atoms with Crippen LogP contribution in [-0.4, -0.2) is 10.1 Å². The van der Waals surface area contributed by atoms with Crippen molar-refractivity contribution in [1.29, 1.82) is 0 Å². The van der Waals surface area contributed by atoms with Gasteiger partial charge in [0.05, 0.1) is 5.69 Å². The van der Waals surface area contributed by atoms with E-state index in [0.29, 0.717) is 11.2 Å². The highest BCUT2D eigenvalue weighted by atomic mass is 16.3. The molecule has 0 radical (unpaired) electrons. The number of nitrogens with zero attached hydrogens (tertiary/aromatic N) is 1. The van der Waals surface area contributed by atoms with E-state index in [0.717, 1.165) is 11.1 Å². The lowest BCUT2D eigenvalue weighted by atomic mass is 10.1. The average Bonchev–Trinajstić information content (AvgIpc) is 2.12. The summed E-state index contributed by atoms with van der Waals surface area (Å²) < 4.78 is 0. The topological polar surface area (TPSA) is 59.1 Å². The van der Waals surface area contributed by atoms with E-state index in [-0.39, 0.29) is 5.75 Å². The van der Waals surface area contributed by atoms with Gasteiger partial charge < -0.3 is 10.8 Å². The molecule has 0 saturated carbocycles. The van der Waals surface area contributed by atoms with Crippen LogP contribution in [0.4, 0.5) is 5.69 Å². The van der Waals surface area contributed by atoms with Crippen LogP contribution in [0, 0.1) is 6.92 Å². The number of aryl methyl sites for hydroxylation is 1. The van der Waals surface area contributed by atoms with Crippen LogP contribution in [0.2, 0.25) is 0 Å². The van der Waals surface area contributed by atoms with E-state index < -0.39 is 0 Å². The van der Waals surface area contributed by atoms with Crippen LogP contribution in [0.25, 0.3) is 10.9 Å². The van der Waals surface area contributed by atoms with Crippen LogP contribution in [0.15, 0.2) is 24.3 Å². The van der Waals surface area contributed by atoms with Gasteiger partial charge in [0.1, 0.15) is 5.52 Å². The van der Waals surface area contributed by atoms with Gasteiger partial charge in [0.15, 0.2) is 5.75 Å². The number of phenolic OH excluding ortho intramolecular Hbond substituents is 1. The molecule has 0 aliphatic carbocycles. The fourth-order valence-electron chi connectivity index (χ4n) is 1.29. The highest BCUT2D eigenvalue weighted by Crippen LogP contribution is 2.28. The molecule has 1 aromatic carbocycles. The highest BCUT2D eigenvalue weighted by molar-refractivity contribution is 5.89. The molecule has 0 amide bonds. The zero-order valence-electron chi connectivity index (χ0n) is 7.28. The van der Waals surface area contributed by atoms with Gasteiger partial charge in [0, 0.05) is 11.1 Å². The molecule has 0 atom stereocenters. The number of pyridine rings is 1. The monoisotopic (exact) mass is 174 g/mol. The van der Waals surface area contributed by atoms with Crippen molar-refractivity contribution in [3.05, 3.63) is 30.0 Å². The number of aromatic nitrogens is 1. The van der Waals surface area contributed by atoms with Gasteiger partial charge in [-0.05, 0) is 19.1 Å². The van der Waals surface area contributed by atoms with Crippen LogP contribution in [0.1, 0.15) is 5.69 Å². The smallest absolute Gasteiger partial charge is 0.165 e. The van der Waals surface area contributed by atoms with Gasteiger partial charge in [-0.15, -0.1) is 0 Å². The van der Waals surface area contributed by atoms with Gasteiger partial charge in [-0.3, -0.25) is 0 Å². The lowest BCUT2D eigenvalue weighted by Crippen LogP contribution is -1.89. The summed E-state index contributed by atoms with van der Waals surface area (Å²) >= 11 is 0. The number of aromatic hydroxyl groups is 1. The van der Waals surface area contributed by atoms with E-state index >= 15 is 0 Å². The number of nitrogens with two attached hydrogens (primary N) is 1. The standard InChI is InChI=1S/C10H10N2O/c1-6-2-3-7-4-5-8(11)10(13)9(7)12-6/h2-5,13H,11H2,1H3. The summed E-state index contributed by atoms with van der Waals surface area (Å²) in [6.07, 6.45) is 0. The Morgan fingerprint density at radius 2 is 1.92 bits per heavy atom. The molecule has 3 nitrogen and oxygen atoms in total. The number of hydrogen-bond donors (Lipinski definition) is 2. The number of benzene rings is 1. The number of hydrogen-bond acceptors (Lipinski definition) is 3. The normalized spacial score (nSPS) is 10.5. The summed E-state index contributed by atoms with van der Waals surface area (Å²) in [5.74, 6) is 0.0706. The molecule has 0 aliphatic heterocycles. The summed E-state index contributed by atoms with van der Waals surface area (Å²) in [6.45, 7) is 1.88. The zero-order chi connectivity index (χ0) is 9.42. The predicted molar refractivity (Wildman–Crippen MR) is 52.6 cm³/mol. The quantitative estimate of drug-likeness (QED) is 0.473. The van der Waals surface area contributed by atoms with Crippen molar-refractivity contribution in [2.45, 2.75) is 6.92 Å². The van der Waals surface area contributed by atoms with Crippen LogP contribution >= 0.6 is 0 Å². The Kier molecular flexibility index (Phi) is 1.59. The number of phenols is 1. The molecule has 0 aliphatic rings. The number of rotatable bonds is 0. The SMILES string of the molecule is Cc1ccc2ccc(N)c(O)c2n1. The molecule has 1 heterocycles. The third-order valence-corrected chi connectivity index (χ3v) is 2.01. The van der Waals surface area contributed by atoms with Gasteiger partial charge in [-0.2, -0.15) is 0 Å². The Morgan fingerprint density at radius 3 is 2.69 bits per heavy atom. The third-order valence-electron chi connectivity index (χ3n) is 2.01. The minimum Gasteiger partial charge on any atom is -0.504 e. The zero-order valence-corrected chi connectivity index (χ0v) is 7.28. The summed E-state index contributed by atoms with van der Waals surface area (Å²) in [5.41, 5.74) is 7.35. The molecule has 0 fully saturated rings. The summed E-state index contributed by atoms with van der Waals surface area (Å²) in [4.78, 5) is 4.21. The third kappa shape index (κ3) is 1.18. The van der Waals surface area contributed by atoms with Gasteiger partial charge in [-0.1, -0.05) is 12.1 Å². The van der Waals surface area contributed by atoms with Crippen LogP contribution in [0.5, 0.6) is 5.75 Å². The highest BCUT2D eigenvalue weighted by Gasteiger charge is 2.04. The van der Waals surface area contributed by atoms with E-state index in [1.807, 2.05) is 25.1 Å². The Balaban J connectivity index is 2.89. The predicted octanol–water partition coefficient (Wildman–Crippen LogP) is 1.83. The number of fused-ring (bicyclic) bond motifs is 1. The molecule has 0 bridgehead atoms. The lowest BCUT2D eigenvalue weighted by molar-refractivity contribution is 0.483. The second kappa shape index (κ2) is 2.62. The maximum Gasteiger partial charge on any atom is 0.165 e. The van der Waals surface area contributed by atoms with Crippen LogP contribution in [0.3, 0.4) is 0 Å². The van der Waals surface area contributed by atoms with Crippen molar-refractivity contribution in [2.24, 2.45) is 0 Å². The van der Waals surface area contributed by atoms with Gasteiger partial charge in [0.2, 0.25) is 0 Å². The lowest BCUT2D eigenvalue weighted by Gasteiger charge is -2.03. The van der Waals surface area contributed by atoms with Crippen LogP contribution < -0.4 is 5.73 Å². The Labute approximate surface area is 75.8 Å². The molecule has 3 heteroatoms. The molecule has 2 rings (SSSR count). The minimum atomic E-state index is 0.0706. The number of nitrogen functional groups attached to an aromatic ring is 1. The first kappa shape index (κ1) is 7.86. The van der Waals surface area contributed by atoms with E-state index in [9.17, 15) is 5.11 Å². The summed E-state index contributed by atoms with van der Waals surface area (Å²) in [5, 5.41) is 10.5. The van der Waals surface area contributed by atoms with Crippen molar-refractivity contribution in [3.63, 3.8) is 0 Å². The van der Waals surface area contributed by atoms with E-state index in [1.165, 1.54) is 0 Å². The van der Waals surface area contributed by atoms with Crippen molar-refractivity contribution in [1.82, 2.24) is 4.98 Å². The van der Waals surface area contributed by atoms with E-state index in [1.54, 1.807) is 6.07 Å². The molecule has 0 unspecified atom stereocenters. The molecular weight excluding hydrogens is 164 g/mol. The molecule has 2 aromatic rings. The molecule has 66 valence electrons. The minimum absolute atomic E-state index is 0.0706. The molecule has 0 saturated heterocycles. The van der Waals surface area contributed by atoms with Crippen LogP contribution in [-0.2, 0) is 0 Å². The van der Waals surface area contributed by atoms with Gasteiger partial charge >= 0.3 is 0 Å². The second-order valence-electron chi connectivity index (χ2n) is 3.03. The molecular formula is C10H10N2O. The molecule has 0 spiro atoms. The van der Waals surface area contributed by atoms with Crippen molar-refractivity contribution in [3.8, 4) is 5.75 Å². The first-order chi connectivity index (χ1) is 6.18. The summed E-state index contributed by atoms with van der Waals surface area (Å²) in [6, 6.07) is 7.33. The van der Waals surface area contributed by atoms with E-state index in [2.05, 4.69) is 4.98 Å². The average molecular weight is 174 g/mol.